The van der Waals surface area contributed by atoms with E-state index in [0.717, 1.165) is 5.69 Å². The zero-order valence-corrected chi connectivity index (χ0v) is 39.5. The van der Waals surface area contributed by atoms with E-state index in [2.05, 4.69) is 251 Å². The molecule has 0 N–H and O–H groups in total. The van der Waals surface area contributed by atoms with Crippen LogP contribution in [-0.2, 0) is 5.41 Å². The maximum atomic E-state index is 2.71. The second-order valence-corrected chi connectivity index (χ2v) is 20.2. The molecule has 324 valence electrons. The fraction of sp³-hybridized carbons (Fsp3) is 0.108. The molecular formula is C65H51BN2. The van der Waals surface area contributed by atoms with Crippen molar-refractivity contribution >= 4 is 67.4 Å². The minimum Gasteiger partial charge on any atom is -0.375 e. The quantitative estimate of drug-likeness (QED) is 0.156. The summed E-state index contributed by atoms with van der Waals surface area (Å²) in [6.45, 7) is 13.4. The maximum Gasteiger partial charge on any atom is 0.333 e. The summed E-state index contributed by atoms with van der Waals surface area (Å²) in [5.74, 6) is 0. The van der Waals surface area contributed by atoms with Gasteiger partial charge in [-0.05, 0) is 157 Å². The lowest BCUT2D eigenvalue weighted by molar-refractivity contribution is 0.590. The van der Waals surface area contributed by atoms with Crippen LogP contribution < -0.4 is 15.8 Å². The van der Waals surface area contributed by atoms with Gasteiger partial charge in [-0.1, -0.05) is 185 Å². The Bertz CT molecular complexity index is 3860. The number of hydrogen-bond donors (Lipinski definition) is 0. The Labute approximate surface area is 399 Å². The highest BCUT2D eigenvalue weighted by molar-refractivity contribution is 6.90. The summed E-state index contributed by atoms with van der Waals surface area (Å²) in [5.41, 5.74) is 26.5. The summed E-state index contributed by atoms with van der Waals surface area (Å²) in [5, 5.41) is 5.18. The summed E-state index contributed by atoms with van der Waals surface area (Å²) in [7, 11) is 0. The Balaban J connectivity index is 1.13. The van der Waals surface area contributed by atoms with Crippen LogP contribution in [0.1, 0.15) is 43.0 Å². The molecule has 2 aliphatic rings. The van der Waals surface area contributed by atoms with E-state index in [-0.39, 0.29) is 12.3 Å². The molecule has 10 aromatic carbocycles. The molecule has 0 aliphatic carbocycles. The van der Waals surface area contributed by atoms with Crippen molar-refractivity contribution in [3.8, 4) is 55.6 Å². The number of fused-ring (bicyclic) bond motifs is 9. The molecule has 0 radical (unpaired) electrons. The van der Waals surface area contributed by atoms with Crippen molar-refractivity contribution in [1.29, 1.82) is 0 Å². The first-order chi connectivity index (χ1) is 33.1. The molecule has 0 fully saturated rings. The SMILES string of the molecule is Cc1ccccc1-c1ccc(N2c3ccc(-c4ccccc4C)cc3B3c4c(cc(-c5ccc(C(C)(C)C)cc5)cc42)-c2cccc4c5c6cccc(-c7ccccc7C)c6ccc5n3c24)cc1. The van der Waals surface area contributed by atoms with E-state index in [4.69, 9.17) is 0 Å². The monoisotopic (exact) mass is 870 g/mol. The van der Waals surface area contributed by atoms with Crippen molar-refractivity contribution in [3.63, 3.8) is 0 Å². The van der Waals surface area contributed by atoms with Gasteiger partial charge in [0.05, 0.1) is 0 Å². The smallest absolute Gasteiger partial charge is 0.333 e. The molecule has 0 saturated heterocycles. The average molecular weight is 871 g/mol. The van der Waals surface area contributed by atoms with Crippen LogP contribution in [0.2, 0.25) is 0 Å². The van der Waals surface area contributed by atoms with Crippen molar-refractivity contribution < 1.29 is 0 Å². The number of rotatable bonds is 5. The Hall–Kier alpha value is -7.88. The lowest BCUT2D eigenvalue weighted by Crippen LogP contribution is -2.56. The van der Waals surface area contributed by atoms with E-state index in [1.54, 1.807) is 0 Å². The van der Waals surface area contributed by atoms with Gasteiger partial charge in [0.2, 0.25) is 0 Å². The number of benzene rings is 10. The highest BCUT2D eigenvalue weighted by Crippen LogP contribution is 2.49. The first-order valence-corrected chi connectivity index (χ1v) is 24.1. The van der Waals surface area contributed by atoms with Crippen molar-refractivity contribution in [2.75, 3.05) is 4.90 Å². The first-order valence-electron chi connectivity index (χ1n) is 24.1. The summed E-state index contributed by atoms with van der Waals surface area (Å²) >= 11 is 0. The Morgan fingerprint density at radius 3 is 1.66 bits per heavy atom. The fourth-order valence-electron chi connectivity index (χ4n) is 11.8. The number of nitrogens with zero attached hydrogens (tertiary/aromatic N) is 2. The summed E-state index contributed by atoms with van der Waals surface area (Å²) in [4.78, 5) is 2.56. The molecule has 1 aromatic heterocycles. The van der Waals surface area contributed by atoms with Crippen molar-refractivity contribution in [1.82, 2.24) is 4.48 Å². The van der Waals surface area contributed by atoms with Crippen LogP contribution in [0, 0.1) is 20.8 Å². The molecular weight excluding hydrogens is 820 g/mol. The Kier molecular flexibility index (Phi) is 8.96. The van der Waals surface area contributed by atoms with Crippen LogP contribution >= 0.6 is 0 Å². The molecule has 0 amide bonds. The van der Waals surface area contributed by atoms with Crippen molar-refractivity contribution in [3.05, 3.63) is 222 Å². The molecule has 0 saturated carbocycles. The second kappa shape index (κ2) is 15.1. The molecule has 0 bridgehead atoms. The third-order valence-electron chi connectivity index (χ3n) is 15.2. The lowest BCUT2D eigenvalue weighted by atomic mass is 9.44. The van der Waals surface area contributed by atoms with Crippen LogP contribution in [0.3, 0.4) is 0 Å². The largest absolute Gasteiger partial charge is 0.375 e. The van der Waals surface area contributed by atoms with Gasteiger partial charge in [0, 0.05) is 44.4 Å². The van der Waals surface area contributed by atoms with Gasteiger partial charge in [-0.15, -0.1) is 0 Å². The van der Waals surface area contributed by atoms with Crippen molar-refractivity contribution in [2.24, 2.45) is 0 Å². The van der Waals surface area contributed by atoms with Crippen LogP contribution in [-0.4, -0.2) is 11.3 Å². The third kappa shape index (κ3) is 6.05. The van der Waals surface area contributed by atoms with Gasteiger partial charge in [0.25, 0.3) is 0 Å². The van der Waals surface area contributed by atoms with Crippen LogP contribution in [0.5, 0.6) is 0 Å². The molecule has 68 heavy (non-hydrogen) atoms. The van der Waals surface area contributed by atoms with Gasteiger partial charge in [0.1, 0.15) is 0 Å². The molecule has 0 atom stereocenters. The van der Waals surface area contributed by atoms with E-state index in [1.165, 1.54) is 133 Å². The Morgan fingerprint density at radius 2 is 0.985 bits per heavy atom. The fourth-order valence-corrected chi connectivity index (χ4v) is 11.8. The predicted octanol–water partition coefficient (Wildman–Crippen LogP) is 16.3. The van der Waals surface area contributed by atoms with Crippen LogP contribution in [0.15, 0.2) is 200 Å². The highest BCUT2D eigenvalue weighted by atomic mass is 15.2. The summed E-state index contributed by atoms with van der Waals surface area (Å²) in [6, 6.07) is 75.8. The predicted molar refractivity (Wildman–Crippen MR) is 292 cm³/mol. The third-order valence-corrected chi connectivity index (χ3v) is 15.2. The van der Waals surface area contributed by atoms with E-state index < -0.39 is 0 Å². The lowest BCUT2D eigenvalue weighted by Gasteiger charge is -2.41. The number of para-hydroxylation sites is 1. The topological polar surface area (TPSA) is 8.17 Å². The molecule has 3 heteroatoms. The molecule has 13 rings (SSSR count). The minimum atomic E-state index is -0.0920. The molecule has 0 spiro atoms. The standard InChI is InChI=1S/C65H51BN2/c1-40-15-7-10-18-49(40)44-27-32-48(33-28-44)67-59-35-29-45(50-19-11-8-16-41(50)2)38-58(59)66-63-57(37-46(39-61(63)67)43-25-30-47(31-26-43)65(4,5)6)55-23-14-24-56-62-54-22-13-21-52(51-20-12-9-17-42(51)3)53(54)34-36-60(62)68(66)64(55)56/h7-39H,1-6H3. The van der Waals surface area contributed by atoms with Crippen LogP contribution in [0.4, 0.5) is 17.1 Å². The molecule has 0 unspecified atom stereocenters. The summed E-state index contributed by atoms with van der Waals surface area (Å²) in [6.07, 6.45) is 0. The average Bonchev–Trinajstić information content (AvgIpc) is 3.70. The Morgan fingerprint density at radius 1 is 0.397 bits per heavy atom. The van der Waals surface area contributed by atoms with Gasteiger partial charge in [-0.3, -0.25) is 0 Å². The first kappa shape index (κ1) is 40.4. The maximum absolute atomic E-state index is 2.71. The number of aryl methyl sites for hydroxylation is 3. The summed E-state index contributed by atoms with van der Waals surface area (Å²) < 4.78 is 2.71. The zero-order chi connectivity index (χ0) is 46.0. The number of anilines is 3. The normalized spacial score (nSPS) is 12.8. The number of hydrogen-bond acceptors (Lipinski definition) is 1. The van der Waals surface area contributed by atoms with Gasteiger partial charge in [0.15, 0.2) is 0 Å². The molecule has 2 nitrogen and oxygen atoms in total. The van der Waals surface area contributed by atoms with Gasteiger partial charge >= 0.3 is 6.85 Å². The minimum absolute atomic E-state index is 0.0591. The number of aromatic nitrogens is 1. The molecule has 11 aromatic rings. The second-order valence-electron chi connectivity index (χ2n) is 20.2. The van der Waals surface area contributed by atoms with E-state index in [0.29, 0.717) is 0 Å². The van der Waals surface area contributed by atoms with Gasteiger partial charge in [-0.2, -0.15) is 0 Å². The van der Waals surface area contributed by atoms with Gasteiger partial charge < -0.3 is 9.38 Å². The van der Waals surface area contributed by atoms with E-state index in [1.807, 2.05) is 0 Å². The zero-order valence-electron chi connectivity index (χ0n) is 39.5. The van der Waals surface area contributed by atoms with Gasteiger partial charge in [-0.25, -0.2) is 0 Å². The van der Waals surface area contributed by atoms with Crippen LogP contribution in [0.25, 0.3) is 88.2 Å². The van der Waals surface area contributed by atoms with E-state index in [9.17, 15) is 0 Å². The highest BCUT2D eigenvalue weighted by Gasteiger charge is 2.43. The molecule has 3 heterocycles. The van der Waals surface area contributed by atoms with Crippen molar-refractivity contribution in [2.45, 2.75) is 47.0 Å². The van der Waals surface area contributed by atoms with E-state index >= 15 is 0 Å². The molecule has 2 aliphatic heterocycles.